The van der Waals surface area contributed by atoms with Crippen LogP contribution in [0.2, 0.25) is 0 Å². The molecule has 0 spiro atoms. The van der Waals surface area contributed by atoms with Gasteiger partial charge in [0.05, 0.1) is 19.8 Å². The van der Waals surface area contributed by atoms with Crippen molar-refractivity contribution in [3.05, 3.63) is 22.7 Å². The predicted molar refractivity (Wildman–Crippen MR) is 61.5 cm³/mol. The van der Waals surface area contributed by atoms with Gasteiger partial charge in [0.15, 0.2) is 6.29 Å². The van der Waals surface area contributed by atoms with Crippen LogP contribution in [0.3, 0.4) is 0 Å². The first-order valence-electron chi connectivity index (χ1n) is 5.34. The average molecular weight is 243 g/mol. The van der Waals surface area contributed by atoms with E-state index >= 15 is 0 Å². The van der Waals surface area contributed by atoms with E-state index < -0.39 is 5.69 Å². The highest BCUT2D eigenvalue weighted by Crippen LogP contribution is 2.02. The minimum atomic E-state index is -0.412. The average Bonchev–Trinajstić information content (AvgIpc) is 2.79. The Kier molecular flexibility index (Phi) is 6.23. The third-order valence-electron chi connectivity index (χ3n) is 1.85. The van der Waals surface area contributed by atoms with Crippen LogP contribution in [0.1, 0.15) is 6.92 Å². The van der Waals surface area contributed by atoms with E-state index in [1.807, 2.05) is 6.92 Å². The number of nitrogens with zero attached hydrogens (tertiary/aromatic N) is 1. The minimum Gasteiger partial charge on any atom is -0.385 e. The summed E-state index contributed by atoms with van der Waals surface area (Å²) in [6.45, 7) is 4.66. The Hall–Kier alpha value is -1.44. The van der Waals surface area contributed by atoms with Gasteiger partial charge in [-0.25, -0.2) is 9.78 Å². The van der Waals surface area contributed by atoms with Gasteiger partial charge in [0.2, 0.25) is 0 Å². The highest BCUT2D eigenvalue weighted by Gasteiger charge is 2.14. The van der Waals surface area contributed by atoms with Crippen molar-refractivity contribution in [3.63, 3.8) is 0 Å². The third kappa shape index (κ3) is 6.00. The van der Waals surface area contributed by atoms with E-state index in [4.69, 9.17) is 19.9 Å². The van der Waals surface area contributed by atoms with Crippen LogP contribution in [0.15, 0.2) is 17.1 Å². The molecule has 1 fully saturated rings. The zero-order valence-electron chi connectivity index (χ0n) is 9.72. The lowest BCUT2D eigenvalue weighted by atomic mass is 10.6. The second kappa shape index (κ2) is 7.77. The van der Waals surface area contributed by atoms with Gasteiger partial charge in [0, 0.05) is 12.8 Å². The van der Waals surface area contributed by atoms with Crippen molar-refractivity contribution in [2.24, 2.45) is 0 Å². The van der Waals surface area contributed by atoms with Gasteiger partial charge in [-0.15, -0.1) is 0 Å². The lowest BCUT2D eigenvalue weighted by Gasteiger charge is -2.06. The quantitative estimate of drug-likeness (QED) is 0.759. The highest BCUT2D eigenvalue weighted by atomic mass is 16.7. The van der Waals surface area contributed by atoms with Gasteiger partial charge in [-0.3, -0.25) is 4.98 Å². The fourth-order valence-electron chi connectivity index (χ4n) is 1.10. The molecule has 1 aliphatic heterocycles. The van der Waals surface area contributed by atoms with Gasteiger partial charge in [-0.05, 0) is 13.0 Å². The molecule has 0 amide bonds. The van der Waals surface area contributed by atoms with Crippen LogP contribution >= 0.6 is 0 Å². The number of hydrogen-bond acceptors (Lipinski definition) is 6. The van der Waals surface area contributed by atoms with Gasteiger partial charge < -0.3 is 19.9 Å². The standard InChI is InChI=1S/C6H12O3.C4H5N3O/c1-2-7-5-6-8-3-4-9-6;5-3-1-2-6-4(8)7-3/h6H,2-5H2,1H3;1-2H,(H3,5,6,7,8). The molecule has 0 aliphatic carbocycles. The number of aromatic nitrogens is 2. The Labute approximate surface area is 98.9 Å². The number of H-pyrrole nitrogens is 1. The van der Waals surface area contributed by atoms with Crippen LogP contribution in [0.5, 0.6) is 0 Å². The van der Waals surface area contributed by atoms with E-state index in [-0.39, 0.29) is 6.29 Å². The number of ether oxygens (including phenoxy) is 3. The van der Waals surface area contributed by atoms with Crippen LogP contribution in [0, 0.1) is 0 Å². The molecule has 2 heterocycles. The van der Waals surface area contributed by atoms with Gasteiger partial charge in [-0.2, -0.15) is 0 Å². The molecule has 3 N–H and O–H groups in total. The summed E-state index contributed by atoms with van der Waals surface area (Å²) < 4.78 is 15.3. The van der Waals surface area contributed by atoms with Crippen LogP contribution in [-0.2, 0) is 14.2 Å². The van der Waals surface area contributed by atoms with Crippen molar-refractivity contribution < 1.29 is 14.2 Å². The largest absolute Gasteiger partial charge is 0.385 e. The van der Waals surface area contributed by atoms with E-state index in [9.17, 15) is 4.79 Å². The van der Waals surface area contributed by atoms with Gasteiger partial charge in [0.1, 0.15) is 5.82 Å². The summed E-state index contributed by atoms with van der Waals surface area (Å²) in [5.74, 6) is 0.338. The fourth-order valence-corrected chi connectivity index (χ4v) is 1.10. The van der Waals surface area contributed by atoms with Gasteiger partial charge in [0.25, 0.3) is 0 Å². The molecule has 1 saturated heterocycles. The predicted octanol–water partition coefficient (Wildman–Crippen LogP) is -0.252. The first-order valence-corrected chi connectivity index (χ1v) is 5.34. The van der Waals surface area contributed by atoms with E-state index in [2.05, 4.69) is 9.97 Å². The molecule has 0 aromatic carbocycles. The molecule has 1 aromatic heterocycles. The molecule has 17 heavy (non-hydrogen) atoms. The molecular weight excluding hydrogens is 226 g/mol. The number of aromatic amines is 1. The molecule has 0 bridgehead atoms. The molecular formula is C10H17N3O4. The van der Waals surface area contributed by atoms with Gasteiger partial charge in [-0.1, -0.05) is 0 Å². The molecule has 1 aromatic rings. The van der Waals surface area contributed by atoms with E-state index in [0.29, 0.717) is 25.6 Å². The van der Waals surface area contributed by atoms with Gasteiger partial charge >= 0.3 is 5.69 Å². The van der Waals surface area contributed by atoms with Crippen LogP contribution in [-0.4, -0.2) is 42.7 Å². The summed E-state index contributed by atoms with van der Waals surface area (Å²) in [7, 11) is 0. The zero-order chi connectivity index (χ0) is 12.5. The minimum absolute atomic E-state index is 0.107. The van der Waals surface area contributed by atoms with Crippen LogP contribution in [0.4, 0.5) is 5.82 Å². The van der Waals surface area contributed by atoms with E-state index in [0.717, 1.165) is 6.61 Å². The SMILES string of the molecule is CCOCC1OCCO1.Nc1ccnc(=O)[nH]1. The molecule has 0 radical (unpaired) electrons. The number of nitrogens with two attached hydrogens (primary N) is 1. The van der Waals surface area contributed by atoms with Crippen LogP contribution in [0.25, 0.3) is 0 Å². The van der Waals surface area contributed by atoms with Crippen molar-refractivity contribution in [2.45, 2.75) is 13.2 Å². The first-order chi connectivity index (χ1) is 8.22. The normalized spacial score (nSPS) is 15.4. The first kappa shape index (κ1) is 13.6. The molecule has 0 unspecified atom stereocenters. The molecule has 0 saturated carbocycles. The summed E-state index contributed by atoms with van der Waals surface area (Å²) in [6.07, 6.45) is 1.25. The van der Waals surface area contributed by atoms with Crippen molar-refractivity contribution >= 4 is 5.82 Å². The summed E-state index contributed by atoms with van der Waals surface area (Å²) in [5.41, 5.74) is 4.75. The Morgan fingerprint density at radius 2 is 2.29 bits per heavy atom. The number of hydrogen-bond donors (Lipinski definition) is 2. The monoisotopic (exact) mass is 243 g/mol. The molecule has 2 rings (SSSR count). The number of nitrogens with one attached hydrogen (secondary N) is 1. The fraction of sp³-hybridized carbons (Fsp3) is 0.600. The number of rotatable bonds is 3. The summed E-state index contributed by atoms with van der Waals surface area (Å²) in [6, 6.07) is 1.52. The van der Waals surface area contributed by atoms with Crippen molar-refractivity contribution in [1.82, 2.24) is 9.97 Å². The summed E-state index contributed by atoms with van der Waals surface area (Å²) in [5, 5.41) is 0. The van der Waals surface area contributed by atoms with Crippen molar-refractivity contribution in [2.75, 3.05) is 32.2 Å². The smallest absolute Gasteiger partial charge is 0.346 e. The van der Waals surface area contributed by atoms with Crippen molar-refractivity contribution in [3.8, 4) is 0 Å². The molecule has 0 atom stereocenters. The Morgan fingerprint density at radius 3 is 2.76 bits per heavy atom. The van der Waals surface area contributed by atoms with Crippen LogP contribution < -0.4 is 11.4 Å². The summed E-state index contributed by atoms with van der Waals surface area (Å²) in [4.78, 5) is 15.9. The zero-order valence-corrected chi connectivity index (χ0v) is 9.72. The third-order valence-corrected chi connectivity index (χ3v) is 1.85. The van der Waals surface area contributed by atoms with Crippen molar-refractivity contribution in [1.29, 1.82) is 0 Å². The molecule has 7 nitrogen and oxygen atoms in total. The summed E-state index contributed by atoms with van der Waals surface area (Å²) >= 11 is 0. The second-order valence-corrected chi connectivity index (χ2v) is 3.16. The maximum Gasteiger partial charge on any atom is 0.346 e. The topological polar surface area (TPSA) is 99.5 Å². The Morgan fingerprint density at radius 1 is 1.59 bits per heavy atom. The maximum atomic E-state index is 10.2. The second-order valence-electron chi connectivity index (χ2n) is 3.16. The lowest BCUT2D eigenvalue weighted by Crippen LogP contribution is -2.15. The van der Waals surface area contributed by atoms with E-state index in [1.165, 1.54) is 12.3 Å². The number of anilines is 1. The Bertz CT molecular complexity index is 363. The number of nitrogen functional groups attached to an aromatic ring is 1. The maximum absolute atomic E-state index is 10.2. The lowest BCUT2D eigenvalue weighted by molar-refractivity contribution is -0.0921. The molecule has 1 aliphatic rings. The molecule has 96 valence electrons. The highest BCUT2D eigenvalue weighted by molar-refractivity contribution is 5.22. The Balaban J connectivity index is 0.000000171. The van der Waals surface area contributed by atoms with E-state index in [1.54, 1.807) is 0 Å². The molecule has 7 heteroatoms.